The normalized spacial score (nSPS) is 28.9. The number of ether oxygens (including phenoxy) is 4. The summed E-state index contributed by atoms with van der Waals surface area (Å²) in [6, 6.07) is 9.82. The van der Waals surface area contributed by atoms with Crippen molar-refractivity contribution in [2.75, 3.05) is 39.3 Å². The van der Waals surface area contributed by atoms with Gasteiger partial charge in [0, 0.05) is 6.66 Å². The molecule has 3 rings (SSSR count). The molecular formula is C23H38O10P2. The van der Waals surface area contributed by atoms with Crippen molar-refractivity contribution in [3.63, 3.8) is 0 Å². The second-order valence-corrected chi connectivity index (χ2v) is 13.0. The fraction of sp³-hybridized carbons (Fsp3) is 0.739. The molecule has 6 atom stereocenters. The third kappa shape index (κ3) is 8.71. The Labute approximate surface area is 207 Å². The molecule has 12 heteroatoms. The van der Waals surface area contributed by atoms with Gasteiger partial charge in [0.05, 0.1) is 45.3 Å². The van der Waals surface area contributed by atoms with Gasteiger partial charge in [-0.25, -0.2) is 0 Å². The topological polar surface area (TPSA) is 108 Å². The molecule has 2 heterocycles. The Morgan fingerprint density at radius 2 is 1.63 bits per heavy atom. The zero-order valence-corrected chi connectivity index (χ0v) is 22.9. The van der Waals surface area contributed by atoms with Crippen LogP contribution in [0, 0.1) is 0 Å². The van der Waals surface area contributed by atoms with E-state index in [2.05, 4.69) is 0 Å². The van der Waals surface area contributed by atoms with Crippen LogP contribution in [0.25, 0.3) is 0 Å². The number of rotatable bonds is 15. The fourth-order valence-corrected chi connectivity index (χ4v) is 6.65. The summed E-state index contributed by atoms with van der Waals surface area (Å²) in [6.07, 6.45) is -1.37. The van der Waals surface area contributed by atoms with Crippen molar-refractivity contribution in [1.82, 2.24) is 0 Å². The third-order valence-corrected chi connectivity index (χ3v) is 8.86. The molecule has 1 aromatic rings. The molecule has 200 valence electrons. The molecule has 35 heavy (non-hydrogen) atoms. The Morgan fingerprint density at radius 3 is 2.31 bits per heavy atom. The van der Waals surface area contributed by atoms with Crippen LogP contribution >= 0.6 is 15.2 Å². The lowest BCUT2D eigenvalue weighted by Crippen LogP contribution is -2.37. The van der Waals surface area contributed by atoms with E-state index < -0.39 is 45.6 Å². The minimum Gasteiger partial charge on any atom is -0.368 e. The Kier molecular flexibility index (Phi) is 10.5. The standard InChI is InChI=1S/C23H38O10P2/c1-6-27-34(5,24)29-14-15-30-35(25,28-7-2)16-13-19-20(26-17-18-11-9-8-10-12-18)21-22(31-19)33-23(3,4)32-21/h8-12,19-22H,6-7,13-17H2,1-5H3/t19-,20?,21+,22-,34?,35?/m1/s1. The van der Waals surface area contributed by atoms with Gasteiger partial charge in [-0.15, -0.1) is 0 Å². The Morgan fingerprint density at radius 1 is 0.943 bits per heavy atom. The first-order chi connectivity index (χ1) is 16.6. The van der Waals surface area contributed by atoms with Gasteiger partial charge >= 0.3 is 15.2 Å². The highest BCUT2D eigenvalue weighted by Gasteiger charge is 2.55. The first-order valence-electron chi connectivity index (χ1n) is 12.0. The second kappa shape index (κ2) is 12.7. The predicted molar refractivity (Wildman–Crippen MR) is 129 cm³/mol. The van der Waals surface area contributed by atoms with Crippen molar-refractivity contribution in [3.05, 3.63) is 35.9 Å². The van der Waals surface area contributed by atoms with Crippen molar-refractivity contribution in [3.8, 4) is 0 Å². The lowest BCUT2D eigenvalue weighted by atomic mass is 10.1. The van der Waals surface area contributed by atoms with Crippen molar-refractivity contribution < 1.29 is 46.2 Å². The average molecular weight is 536 g/mol. The van der Waals surface area contributed by atoms with Crippen LogP contribution in [0.15, 0.2) is 30.3 Å². The Hall–Kier alpha value is -0.640. The fourth-order valence-electron chi connectivity index (χ4n) is 4.05. The van der Waals surface area contributed by atoms with Crippen LogP contribution in [0.4, 0.5) is 0 Å². The molecule has 2 aliphatic heterocycles. The average Bonchev–Trinajstić information content (AvgIpc) is 3.26. The molecule has 10 nitrogen and oxygen atoms in total. The molecule has 0 radical (unpaired) electrons. The van der Waals surface area contributed by atoms with E-state index in [0.717, 1.165) is 5.56 Å². The molecule has 0 saturated carbocycles. The highest BCUT2D eigenvalue weighted by atomic mass is 31.2. The summed E-state index contributed by atoms with van der Waals surface area (Å²) in [7, 11) is -6.62. The summed E-state index contributed by atoms with van der Waals surface area (Å²) in [4.78, 5) is 0. The van der Waals surface area contributed by atoms with Crippen LogP contribution in [0.2, 0.25) is 0 Å². The predicted octanol–water partition coefficient (Wildman–Crippen LogP) is 4.96. The molecule has 0 spiro atoms. The lowest BCUT2D eigenvalue weighted by Gasteiger charge is -2.27. The molecule has 0 amide bonds. The van der Waals surface area contributed by atoms with Crippen molar-refractivity contribution >= 4 is 15.2 Å². The summed E-state index contributed by atoms with van der Waals surface area (Å²) in [6.45, 7) is 9.31. The number of hydrogen-bond donors (Lipinski definition) is 0. The van der Waals surface area contributed by atoms with Crippen LogP contribution < -0.4 is 0 Å². The van der Waals surface area contributed by atoms with Gasteiger partial charge < -0.3 is 37.0 Å². The van der Waals surface area contributed by atoms with Crippen LogP contribution in [-0.4, -0.2) is 69.6 Å². The van der Waals surface area contributed by atoms with E-state index in [4.69, 9.17) is 37.0 Å². The van der Waals surface area contributed by atoms with Crippen molar-refractivity contribution in [2.24, 2.45) is 0 Å². The summed E-state index contributed by atoms with van der Waals surface area (Å²) in [5.74, 6) is -0.779. The molecule has 0 bridgehead atoms. The van der Waals surface area contributed by atoms with Gasteiger partial charge in [0.1, 0.15) is 12.2 Å². The molecule has 3 unspecified atom stereocenters. The highest BCUT2D eigenvalue weighted by Crippen LogP contribution is 2.51. The quantitative estimate of drug-likeness (QED) is 0.225. The smallest absolute Gasteiger partial charge is 0.330 e. The first-order valence-corrected chi connectivity index (χ1v) is 15.7. The van der Waals surface area contributed by atoms with E-state index >= 15 is 0 Å². The number of fused-ring (bicyclic) bond motifs is 1. The van der Waals surface area contributed by atoms with Gasteiger partial charge in [-0.2, -0.15) is 0 Å². The van der Waals surface area contributed by atoms with E-state index in [9.17, 15) is 9.13 Å². The lowest BCUT2D eigenvalue weighted by molar-refractivity contribution is -0.219. The number of benzene rings is 1. The summed E-state index contributed by atoms with van der Waals surface area (Å²) < 4.78 is 71.0. The van der Waals surface area contributed by atoms with Crippen LogP contribution in [0.3, 0.4) is 0 Å². The zero-order chi connectivity index (χ0) is 25.5. The third-order valence-electron chi connectivity index (χ3n) is 5.45. The van der Waals surface area contributed by atoms with Gasteiger partial charge in [-0.1, -0.05) is 30.3 Å². The maximum Gasteiger partial charge on any atom is 0.330 e. The summed E-state index contributed by atoms with van der Waals surface area (Å²) in [5, 5.41) is 0. The Bertz CT molecular complexity index is 880. The van der Waals surface area contributed by atoms with E-state index in [1.807, 2.05) is 44.2 Å². The highest BCUT2D eigenvalue weighted by molar-refractivity contribution is 7.54. The van der Waals surface area contributed by atoms with Crippen molar-refractivity contribution in [2.45, 2.75) is 71.1 Å². The molecule has 2 fully saturated rings. The summed E-state index contributed by atoms with van der Waals surface area (Å²) in [5.41, 5.74) is 1.02. The Balaban J connectivity index is 1.58. The molecule has 0 N–H and O–H groups in total. The molecule has 0 aliphatic carbocycles. The van der Waals surface area contributed by atoms with Gasteiger partial charge in [0.15, 0.2) is 12.1 Å². The van der Waals surface area contributed by atoms with Gasteiger partial charge in [-0.05, 0) is 39.7 Å². The molecule has 0 aromatic heterocycles. The van der Waals surface area contributed by atoms with E-state index in [-0.39, 0.29) is 32.6 Å². The SMILES string of the molecule is CCOP(C)(=O)OCCOP(=O)(CC[C@H]1O[C@@H]2OC(C)(C)O[C@H]2C1OCc1ccccc1)OCC. The maximum absolute atomic E-state index is 13.3. The van der Waals surface area contributed by atoms with Gasteiger partial charge in [-0.3, -0.25) is 9.13 Å². The monoisotopic (exact) mass is 536 g/mol. The minimum atomic E-state index is -3.46. The van der Waals surface area contributed by atoms with Crippen LogP contribution in [-0.2, 0) is 52.8 Å². The van der Waals surface area contributed by atoms with E-state index in [1.165, 1.54) is 6.66 Å². The maximum atomic E-state index is 13.3. The summed E-state index contributed by atoms with van der Waals surface area (Å²) >= 11 is 0. The first kappa shape index (κ1) is 28.9. The molecular weight excluding hydrogens is 498 g/mol. The largest absolute Gasteiger partial charge is 0.368 e. The second-order valence-electron chi connectivity index (χ2n) is 8.80. The van der Waals surface area contributed by atoms with E-state index in [0.29, 0.717) is 13.0 Å². The zero-order valence-electron chi connectivity index (χ0n) is 21.1. The molecule has 1 aromatic carbocycles. The van der Waals surface area contributed by atoms with E-state index in [1.54, 1.807) is 13.8 Å². The van der Waals surface area contributed by atoms with Crippen LogP contribution in [0.1, 0.15) is 39.7 Å². The van der Waals surface area contributed by atoms with Gasteiger partial charge in [0.25, 0.3) is 0 Å². The van der Waals surface area contributed by atoms with Gasteiger partial charge in [0.2, 0.25) is 0 Å². The number of hydrogen-bond acceptors (Lipinski definition) is 10. The molecule has 2 aliphatic rings. The molecule has 2 saturated heterocycles. The van der Waals surface area contributed by atoms with Crippen molar-refractivity contribution in [1.29, 1.82) is 0 Å². The van der Waals surface area contributed by atoms with Crippen LogP contribution in [0.5, 0.6) is 0 Å². The minimum absolute atomic E-state index is 0.0332.